The molecule has 0 fully saturated rings. The molecule has 0 aliphatic heterocycles. The minimum Gasteiger partial charge on any atom is -0.271 e. The highest BCUT2D eigenvalue weighted by Crippen LogP contribution is 2.22. The number of rotatable bonds is 7. The fourth-order valence-corrected chi connectivity index (χ4v) is 2.98. The molecule has 0 heterocycles. The average molecular weight is 252 g/mol. The maximum atomic E-state index is 5.63. The van der Waals surface area contributed by atoms with E-state index >= 15 is 0 Å². The van der Waals surface area contributed by atoms with Gasteiger partial charge in [0.25, 0.3) is 0 Å². The maximum absolute atomic E-state index is 5.63. The Morgan fingerprint density at radius 1 is 1.29 bits per heavy atom. The first-order valence-electron chi connectivity index (χ1n) is 6.33. The zero-order chi connectivity index (χ0) is 12.7. The van der Waals surface area contributed by atoms with E-state index in [1.54, 1.807) is 0 Å². The zero-order valence-corrected chi connectivity index (χ0v) is 11.9. The van der Waals surface area contributed by atoms with Gasteiger partial charge in [0, 0.05) is 16.7 Å². The molecule has 0 bridgehead atoms. The minimum absolute atomic E-state index is 0.390. The fourth-order valence-electron chi connectivity index (χ4n) is 1.85. The number of benzene rings is 1. The van der Waals surface area contributed by atoms with Crippen LogP contribution in [0.4, 0.5) is 0 Å². The van der Waals surface area contributed by atoms with Gasteiger partial charge in [0.15, 0.2) is 0 Å². The number of hydrogen-bond acceptors (Lipinski definition) is 3. The summed E-state index contributed by atoms with van der Waals surface area (Å²) in [5, 5.41) is 0. The molecule has 0 aliphatic carbocycles. The SMILES string of the molecule is CCCC(C)C(CSc1ccc(C)cc1)NN. The second kappa shape index (κ2) is 7.75. The second-order valence-electron chi connectivity index (χ2n) is 4.66. The van der Waals surface area contributed by atoms with Gasteiger partial charge in [-0.3, -0.25) is 11.3 Å². The van der Waals surface area contributed by atoms with Gasteiger partial charge in [-0.1, -0.05) is 38.0 Å². The van der Waals surface area contributed by atoms with E-state index in [1.165, 1.54) is 23.3 Å². The minimum atomic E-state index is 0.390. The van der Waals surface area contributed by atoms with Gasteiger partial charge < -0.3 is 0 Å². The van der Waals surface area contributed by atoms with Gasteiger partial charge in [0.2, 0.25) is 0 Å². The monoisotopic (exact) mass is 252 g/mol. The molecule has 0 aromatic heterocycles. The molecular formula is C14H24N2S. The van der Waals surface area contributed by atoms with E-state index < -0.39 is 0 Å². The van der Waals surface area contributed by atoms with Crippen LogP contribution in [0.1, 0.15) is 32.3 Å². The highest BCUT2D eigenvalue weighted by atomic mass is 32.2. The Balaban J connectivity index is 2.44. The third-order valence-corrected chi connectivity index (χ3v) is 4.23. The second-order valence-corrected chi connectivity index (χ2v) is 5.76. The Bertz CT molecular complexity index is 311. The summed E-state index contributed by atoms with van der Waals surface area (Å²) in [5.74, 6) is 7.29. The summed E-state index contributed by atoms with van der Waals surface area (Å²) in [6.45, 7) is 6.60. The van der Waals surface area contributed by atoms with Crippen LogP contribution in [0.3, 0.4) is 0 Å². The lowest BCUT2D eigenvalue weighted by Gasteiger charge is -2.22. The maximum Gasteiger partial charge on any atom is 0.0330 e. The van der Waals surface area contributed by atoms with Crippen molar-refractivity contribution in [3.05, 3.63) is 29.8 Å². The van der Waals surface area contributed by atoms with E-state index in [1.807, 2.05) is 11.8 Å². The smallest absolute Gasteiger partial charge is 0.0330 e. The number of aryl methyl sites for hydroxylation is 1. The van der Waals surface area contributed by atoms with Crippen molar-refractivity contribution in [1.82, 2.24) is 5.43 Å². The molecule has 3 N–H and O–H groups in total. The van der Waals surface area contributed by atoms with Crippen LogP contribution in [0.15, 0.2) is 29.2 Å². The summed E-state index contributed by atoms with van der Waals surface area (Å²) in [7, 11) is 0. The lowest BCUT2D eigenvalue weighted by atomic mass is 9.99. The summed E-state index contributed by atoms with van der Waals surface area (Å²) in [6, 6.07) is 9.06. The third-order valence-electron chi connectivity index (χ3n) is 3.10. The zero-order valence-electron chi connectivity index (χ0n) is 11.1. The molecule has 0 radical (unpaired) electrons. The quantitative estimate of drug-likeness (QED) is 0.444. The molecule has 3 heteroatoms. The van der Waals surface area contributed by atoms with Crippen molar-refractivity contribution < 1.29 is 0 Å². The molecule has 96 valence electrons. The van der Waals surface area contributed by atoms with E-state index in [4.69, 9.17) is 5.84 Å². The Morgan fingerprint density at radius 2 is 1.94 bits per heavy atom. The number of nitrogens with one attached hydrogen (secondary N) is 1. The standard InChI is InChI=1S/C14H24N2S/c1-4-5-12(3)14(16-15)10-17-13-8-6-11(2)7-9-13/h6-9,12,14,16H,4-5,10,15H2,1-3H3. The van der Waals surface area contributed by atoms with Gasteiger partial charge in [-0.05, 0) is 31.4 Å². The molecule has 0 saturated heterocycles. The van der Waals surface area contributed by atoms with Crippen molar-refractivity contribution in [2.45, 2.75) is 44.6 Å². The number of hydrogen-bond donors (Lipinski definition) is 2. The summed E-state index contributed by atoms with van der Waals surface area (Å²) in [6.07, 6.45) is 2.44. The lowest BCUT2D eigenvalue weighted by molar-refractivity contribution is 0.387. The van der Waals surface area contributed by atoms with Crippen molar-refractivity contribution in [3.63, 3.8) is 0 Å². The van der Waals surface area contributed by atoms with Crippen molar-refractivity contribution >= 4 is 11.8 Å². The van der Waals surface area contributed by atoms with Gasteiger partial charge in [-0.25, -0.2) is 0 Å². The molecular weight excluding hydrogens is 228 g/mol. The van der Waals surface area contributed by atoms with Crippen LogP contribution in [0.2, 0.25) is 0 Å². The van der Waals surface area contributed by atoms with Gasteiger partial charge >= 0.3 is 0 Å². The third kappa shape index (κ3) is 5.11. The average Bonchev–Trinajstić information content (AvgIpc) is 2.32. The fraction of sp³-hybridized carbons (Fsp3) is 0.571. The summed E-state index contributed by atoms with van der Waals surface area (Å²) >= 11 is 1.87. The van der Waals surface area contributed by atoms with Gasteiger partial charge in [-0.2, -0.15) is 0 Å². The first-order valence-corrected chi connectivity index (χ1v) is 7.31. The molecule has 2 nitrogen and oxygen atoms in total. The summed E-state index contributed by atoms with van der Waals surface area (Å²) in [5.41, 5.74) is 4.26. The topological polar surface area (TPSA) is 38.0 Å². The Kier molecular flexibility index (Phi) is 6.63. The van der Waals surface area contributed by atoms with Crippen LogP contribution < -0.4 is 11.3 Å². The molecule has 1 aromatic carbocycles. The Hall–Kier alpha value is -0.510. The van der Waals surface area contributed by atoms with Crippen LogP contribution in [0.5, 0.6) is 0 Å². The predicted octanol–water partition coefficient (Wildman–Crippen LogP) is 3.36. The number of nitrogens with two attached hydrogens (primary N) is 1. The van der Waals surface area contributed by atoms with Crippen molar-refractivity contribution in [1.29, 1.82) is 0 Å². The molecule has 0 saturated carbocycles. The van der Waals surface area contributed by atoms with Crippen LogP contribution in [-0.2, 0) is 0 Å². The Labute approximate surface area is 109 Å². The lowest BCUT2D eigenvalue weighted by Crippen LogP contribution is -2.41. The molecule has 0 amide bonds. The first kappa shape index (κ1) is 14.6. The summed E-state index contributed by atoms with van der Waals surface area (Å²) in [4.78, 5) is 1.32. The van der Waals surface area contributed by atoms with Crippen LogP contribution in [0, 0.1) is 12.8 Å². The van der Waals surface area contributed by atoms with E-state index in [0.717, 1.165) is 5.75 Å². The van der Waals surface area contributed by atoms with Gasteiger partial charge in [0.1, 0.15) is 0 Å². The Morgan fingerprint density at radius 3 is 2.47 bits per heavy atom. The first-order chi connectivity index (χ1) is 8.17. The molecule has 17 heavy (non-hydrogen) atoms. The molecule has 0 spiro atoms. The van der Waals surface area contributed by atoms with Gasteiger partial charge in [0.05, 0.1) is 0 Å². The molecule has 0 aliphatic rings. The van der Waals surface area contributed by atoms with Crippen molar-refractivity contribution in [2.75, 3.05) is 5.75 Å². The predicted molar refractivity (Wildman–Crippen MR) is 77.1 cm³/mol. The van der Waals surface area contributed by atoms with E-state index in [0.29, 0.717) is 12.0 Å². The van der Waals surface area contributed by atoms with E-state index in [9.17, 15) is 0 Å². The number of thioether (sulfide) groups is 1. The molecule has 2 atom stereocenters. The largest absolute Gasteiger partial charge is 0.271 e. The van der Waals surface area contributed by atoms with Crippen molar-refractivity contribution in [2.24, 2.45) is 11.8 Å². The van der Waals surface area contributed by atoms with E-state index in [-0.39, 0.29) is 0 Å². The molecule has 1 rings (SSSR count). The van der Waals surface area contributed by atoms with Crippen molar-refractivity contribution in [3.8, 4) is 0 Å². The highest BCUT2D eigenvalue weighted by Gasteiger charge is 2.15. The van der Waals surface area contributed by atoms with Crippen LogP contribution >= 0.6 is 11.8 Å². The highest BCUT2D eigenvalue weighted by molar-refractivity contribution is 7.99. The number of hydrazine groups is 1. The summed E-state index contributed by atoms with van der Waals surface area (Å²) < 4.78 is 0. The normalized spacial score (nSPS) is 14.6. The van der Waals surface area contributed by atoms with E-state index in [2.05, 4.69) is 50.5 Å². The van der Waals surface area contributed by atoms with Crippen LogP contribution in [0.25, 0.3) is 0 Å². The molecule has 1 aromatic rings. The van der Waals surface area contributed by atoms with Gasteiger partial charge in [-0.15, -0.1) is 11.8 Å². The molecule has 2 unspecified atom stereocenters. The van der Waals surface area contributed by atoms with Crippen LogP contribution in [-0.4, -0.2) is 11.8 Å².